The van der Waals surface area contributed by atoms with Crippen molar-refractivity contribution in [2.75, 3.05) is 25.6 Å². The molecule has 0 spiro atoms. The van der Waals surface area contributed by atoms with Gasteiger partial charge in [-0.15, -0.1) is 5.10 Å². The molecule has 0 bridgehead atoms. The van der Waals surface area contributed by atoms with E-state index in [1.54, 1.807) is 7.11 Å². The molecule has 6 nitrogen and oxygen atoms in total. The predicted octanol–water partition coefficient (Wildman–Crippen LogP) is 0.626. The lowest BCUT2D eigenvalue weighted by Crippen LogP contribution is -2.18. The minimum Gasteiger partial charge on any atom is -0.407 e. The molecule has 0 radical (unpaired) electrons. The van der Waals surface area contributed by atoms with Gasteiger partial charge in [-0.1, -0.05) is 5.10 Å². The molecule has 15 heavy (non-hydrogen) atoms. The molecule has 1 rings (SSSR count). The molecule has 0 aliphatic carbocycles. The number of anilines is 1. The molecule has 1 aromatic rings. The van der Waals surface area contributed by atoms with E-state index in [2.05, 4.69) is 20.8 Å². The van der Waals surface area contributed by atoms with E-state index in [-0.39, 0.29) is 0 Å². The highest BCUT2D eigenvalue weighted by molar-refractivity contribution is 5.17. The lowest BCUT2D eigenvalue weighted by atomic mass is 10.4. The van der Waals surface area contributed by atoms with E-state index < -0.39 is 0 Å². The summed E-state index contributed by atoms with van der Waals surface area (Å²) in [5.41, 5.74) is 0. The minimum absolute atomic E-state index is 0.291. The zero-order valence-electron chi connectivity index (χ0n) is 9.41. The molecular weight excluding hydrogens is 196 g/mol. The molecule has 0 amide bonds. The second-order valence-corrected chi connectivity index (χ2v) is 3.47. The largest absolute Gasteiger partial charge is 0.407 e. The molecule has 6 heteroatoms. The van der Waals surface area contributed by atoms with Gasteiger partial charge in [0, 0.05) is 19.7 Å². The summed E-state index contributed by atoms with van der Waals surface area (Å²) in [5.74, 6) is 0.578. The lowest BCUT2D eigenvalue weighted by molar-refractivity contribution is 0.198. The maximum Gasteiger partial charge on any atom is 0.315 e. The number of nitrogens with one attached hydrogen (secondary N) is 2. The van der Waals surface area contributed by atoms with Crippen LogP contribution in [0.25, 0.3) is 0 Å². The van der Waals surface area contributed by atoms with Gasteiger partial charge in [0.25, 0.3) is 0 Å². The number of rotatable bonds is 7. The Morgan fingerprint density at radius 1 is 1.40 bits per heavy atom. The van der Waals surface area contributed by atoms with Crippen molar-refractivity contribution < 1.29 is 9.15 Å². The van der Waals surface area contributed by atoms with Crippen molar-refractivity contribution in [3.63, 3.8) is 0 Å². The van der Waals surface area contributed by atoms with Crippen molar-refractivity contribution in [2.24, 2.45) is 0 Å². The monoisotopic (exact) mass is 214 g/mol. The van der Waals surface area contributed by atoms with Crippen LogP contribution >= 0.6 is 0 Å². The molecule has 0 unspecified atom stereocenters. The zero-order valence-corrected chi connectivity index (χ0v) is 9.41. The summed E-state index contributed by atoms with van der Waals surface area (Å²) in [5, 5.41) is 13.9. The fourth-order valence-corrected chi connectivity index (χ4v) is 1.000. The summed E-state index contributed by atoms with van der Waals surface area (Å²) in [6, 6.07) is 0.758. The van der Waals surface area contributed by atoms with Crippen molar-refractivity contribution in [1.82, 2.24) is 15.5 Å². The third kappa shape index (κ3) is 4.75. The normalized spacial score (nSPS) is 10.9. The Bertz CT molecular complexity index is 275. The Balaban J connectivity index is 2.26. The minimum atomic E-state index is 0.291. The van der Waals surface area contributed by atoms with Crippen molar-refractivity contribution in [3.05, 3.63) is 5.89 Å². The second-order valence-electron chi connectivity index (χ2n) is 3.47. The first-order valence-corrected chi connectivity index (χ1v) is 5.01. The van der Waals surface area contributed by atoms with E-state index >= 15 is 0 Å². The average molecular weight is 214 g/mol. The Morgan fingerprint density at radius 2 is 2.20 bits per heavy atom. The third-order valence-electron chi connectivity index (χ3n) is 1.64. The highest BCUT2D eigenvalue weighted by atomic mass is 16.5. The second kappa shape index (κ2) is 6.36. The smallest absolute Gasteiger partial charge is 0.315 e. The molecule has 0 saturated heterocycles. The molecule has 0 aromatic carbocycles. The molecule has 0 saturated carbocycles. The number of hydrogen-bond acceptors (Lipinski definition) is 6. The number of aromatic nitrogens is 2. The summed E-state index contributed by atoms with van der Waals surface area (Å²) in [7, 11) is 1.67. The van der Waals surface area contributed by atoms with Gasteiger partial charge < -0.3 is 19.8 Å². The highest BCUT2D eigenvalue weighted by Crippen LogP contribution is 2.05. The van der Waals surface area contributed by atoms with E-state index in [9.17, 15) is 0 Å². The maximum absolute atomic E-state index is 5.34. The lowest BCUT2D eigenvalue weighted by Gasteiger charge is -2.02. The van der Waals surface area contributed by atoms with Gasteiger partial charge in [0.15, 0.2) is 0 Å². The summed E-state index contributed by atoms with van der Waals surface area (Å²) in [6.07, 6.45) is 0. The molecule has 2 N–H and O–H groups in total. The summed E-state index contributed by atoms with van der Waals surface area (Å²) in [4.78, 5) is 0. The fraction of sp³-hybridized carbons (Fsp3) is 0.778. The third-order valence-corrected chi connectivity index (χ3v) is 1.64. The van der Waals surface area contributed by atoms with E-state index in [4.69, 9.17) is 9.15 Å². The van der Waals surface area contributed by atoms with Gasteiger partial charge >= 0.3 is 6.01 Å². The molecule has 0 fully saturated rings. The van der Waals surface area contributed by atoms with Crippen LogP contribution in [0.1, 0.15) is 19.7 Å². The predicted molar refractivity (Wildman–Crippen MR) is 56.6 cm³/mol. The van der Waals surface area contributed by atoms with Gasteiger partial charge in [-0.3, -0.25) is 0 Å². The van der Waals surface area contributed by atoms with E-state index in [0.29, 0.717) is 31.1 Å². The zero-order chi connectivity index (χ0) is 11.1. The van der Waals surface area contributed by atoms with Crippen LogP contribution in [0.15, 0.2) is 4.42 Å². The molecule has 0 aliphatic heterocycles. The van der Waals surface area contributed by atoms with Crippen molar-refractivity contribution in [1.29, 1.82) is 0 Å². The molecule has 1 heterocycles. The quantitative estimate of drug-likeness (QED) is 0.648. The molecule has 0 atom stereocenters. The topological polar surface area (TPSA) is 72.2 Å². The molecule has 86 valence electrons. The van der Waals surface area contributed by atoms with Crippen LogP contribution in [-0.4, -0.2) is 36.5 Å². The molecule has 0 aliphatic rings. The van der Waals surface area contributed by atoms with Crippen LogP contribution in [0.4, 0.5) is 6.01 Å². The summed E-state index contributed by atoms with van der Waals surface area (Å²) in [6.45, 7) is 6.04. The number of ether oxygens (including phenoxy) is 1. The van der Waals surface area contributed by atoms with Gasteiger partial charge in [0.1, 0.15) is 0 Å². The Kier molecular flexibility index (Phi) is 5.06. The first-order valence-electron chi connectivity index (χ1n) is 5.01. The van der Waals surface area contributed by atoms with Gasteiger partial charge in [0.2, 0.25) is 5.89 Å². The number of nitrogens with zero attached hydrogens (tertiary/aromatic N) is 2. The number of hydrogen-bond donors (Lipinski definition) is 2. The Morgan fingerprint density at radius 3 is 2.87 bits per heavy atom. The van der Waals surface area contributed by atoms with Crippen LogP contribution in [0.2, 0.25) is 0 Å². The van der Waals surface area contributed by atoms with Crippen LogP contribution < -0.4 is 10.6 Å². The fourth-order valence-electron chi connectivity index (χ4n) is 1.000. The maximum atomic E-state index is 5.34. The van der Waals surface area contributed by atoms with Crippen LogP contribution in [0.5, 0.6) is 0 Å². The van der Waals surface area contributed by atoms with E-state index in [0.717, 1.165) is 6.54 Å². The summed E-state index contributed by atoms with van der Waals surface area (Å²) >= 11 is 0. The molecular formula is C9H18N4O2. The van der Waals surface area contributed by atoms with Gasteiger partial charge in [-0.05, 0) is 13.8 Å². The van der Waals surface area contributed by atoms with Gasteiger partial charge in [0.05, 0.1) is 13.2 Å². The molecule has 1 aromatic heterocycles. The van der Waals surface area contributed by atoms with Gasteiger partial charge in [-0.2, -0.15) is 0 Å². The van der Waals surface area contributed by atoms with Crippen molar-refractivity contribution in [2.45, 2.75) is 26.4 Å². The standard InChI is InChI=1S/C9H18N4O2/c1-7(2)11-9-13-12-8(15-9)6-10-4-5-14-3/h7,10H,4-6H2,1-3H3,(H,11,13). The van der Waals surface area contributed by atoms with E-state index in [1.165, 1.54) is 0 Å². The summed E-state index contributed by atoms with van der Waals surface area (Å²) < 4.78 is 10.2. The van der Waals surface area contributed by atoms with E-state index in [1.807, 2.05) is 13.8 Å². The Hall–Kier alpha value is -1.14. The first-order chi connectivity index (χ1) is 7.22. The van der Waals surface area contributed by atoms with Crippen LogP contribution in [-0.2, 0) is 11.3 Å². The van der Waals surface area contributed by atoms with Crippen LogP contribution in [0.3, 0.4) is 0 Å². The number of methoxy groups -OCH3 is 1. The van der Waals surface area contributed by atoms with Gasteiger partial charge in [-0.25, -0.2) is 0 Å². The SMILES string of the molecule is COCCNCc1nnc(NC(C)C)o1. The highest BCUT2D eigenvalue weighted by Gasteiger charge is 2.05. The first kappa shape index (κ1) is 11.9. The van der Waals surface area contributed by atoms with Crippen molar-refractivity contribution >= 4 is 6.01 Å². The Labute approximate surface area is 89.4 Å². The van der Waals surface area contributed by atoms with Crippen LogP contribution in [0, 0.1) is 0 Å². The van der Waals surface area contributed by atoms with Crippen molar-refractivity contribution in [3.8, 4) is 0 Å². The average Bonchev–Trinajstić information content (AvgIpc) is 2.59.